The summed E-state index contributed by atoms with van der Waals surface area (Å²) >= 11 is 9.91. The van der Waals surface area contributed by atoms with Gasteiger partial charge in [0.1, 0.15) is 4.32 Å². The van der Waals surface area contributed by atoms with E-state index >= 15 is 0 Å². The summed E-state index contributed by atoms with van der Waals surface area (Å²) in [6, 6.07) is 12.1. The second kappa shape index (κ2) is 9.39. The van der Waals surface area contributed by atoms with E-state index in [1.165, 1.54) is 23.8 Å². The minimum atomic E-state index is -0.498. The molecule has 148 valence electrons. The van der Waals surface area contributed by atoms with Crippen molar-refractivity contribution < 1.29 is 19.1 Å². The SMILES string of the molecule is C=CCN1C(=O)C(=Cc2cc(Br)c(OC(=O)c3ccccc3)c(OC)c2)SC1=S. The summed E-state index contributed by atoms with van der Waals surface area (Å²) in [4.78, 5) is 26.9. The molecule has 2 aromatic rings. The van der Waals surface area contributed by atoms with E-state index in [9.17, 15) is 9.59 Å². The van der Waals surface area contributed by atoms with Gasteiger partial charge >= 0.3 is 5.97 Å². The number of hydrogen-bond donors (Lipinski definition) is 0. The highest BCUT2D eigenvalue weighted by Crippen LogP contribution is 2.39. The summed E-state index contributed by atoms with van der Waals surface area (Å²) in [5, 5.41) is 0. The molecule has 8 heteroatoms. The quantitative estimate of drug-likeness (QED) is 0.186. The van der Waals surface area contributed by atoms with Gasteiger partial charge in [0.25, 0.3) is 5.91 Å². The Bertz CT molecular complexity index is 1020. The Morgan fingerprint density at radius 1 is 1.31 bits per heavy atom. The predicted octanol–water partition coefficient (Wildman–Crippen LogP) is 5.06. The van der Waals surface area contributed by atoms with Crippen molar-refractivity contribution in [3.05, 3.63) is 75.6 Å². The topological polar surface area (TPSA) is 55.8 Å². The zero-order chi connectivity index (χ0) is 21.0. The van der Waals surface area contributed by atoms with Gasteiger partial charge in [-0.2, -0.15) is 0 Å². The monoisotopic (exact) mass is 489 g/mol. The third kappa shape index (κ3) is 4.77. The molecule has 0 spiro atoms. The highest BCUT2D eigenvalue weighted by molar-refractivity contribution is 9.10. The van der Waals surface area contributed by atoms with Crippen LogP contribution in [0.15, 0.2) is 64.5 Å². The van der Waals surface area contributed by atoms with Crippen molar-refractivity contribution in [1.82, 2.24) is 4.90 Å². The molecule has 0 radical (unpaired) electrons. The Morgan fingerprint density at radius 2 is 2.03 bits per heavy atom. The summed E-state index contributed by atoms with van der Waals surface area (Å²) in [6.07, 6.45) is 3.35. The van der Waals surface area contributed by atoms with Gasteiger partial charge in [-0.05, 0) is 51.8 Å². The fraction of sp³-hybridized carbons (Fsp3) is 0.0952. The largest absolute Gasteiger partial charge is 0.493 e. The molecule has 3 rings (SSSR count). The highest BCUT2D eigenvalue weighted by Gasteiger charge is 2.31. The van der Waals surface area contributed by atoms with Crippen LogP contribution >= 0.6 is 39.9 Å². The van der Waals surface area contributed by atoms with Crippen LogP contribution in [0.1, 0.15) is 15.9 Å². The number of carbonyl (C=O) groups excluding carboxylic acids is 2. The molecule has 1 amide bonds. The van der Waals surface area contributed by atoms with Gasteiger partial charge in [0.15, 0.2) is 11.5 Å². The van der Waals surface area contributed by atoms with Crippen molar-refractivity contribution in [2.75, 3.05) is 13.7 Å². The average molecular weight is 490 g/mol. The lowest BCUT2D eigenvalue weighted by Crippen LogP contribution is -2.27. The standard InChI is InChI=1S/C21H16BrNO4S2/c1-3-9-23-19(24)17(29-21(23)28)12-13-10-15(22)18(16(11-13)26-2)27-20(25)14-7-5-4-6-8-14/h3-8,10-12H,1,9H2,2H3. The Balaban J connectivity index is 1.89. The molecule has 1 aliphatic rings. The van der Waals surface area contributed by atoms with Crippen LogP contribution in [-0.2, 0) is 4.79 Å². The third-order valence-electron chi connectivity index (χ3n) is 3.94. The number of amides is 1. The molecule has 1 heterocycles. The number of benzene rings is 2. The summed E-state index contributed by atoms with van der Waals surface area (Å²) in [7, 11) is 1.48. The van der Waals surface area contributed by atoms with Crippen molar-refractivity contribution in [2.45, 2.75) is 0 Å². The van der Waals surface area contributed by atoms with Crippen LogP contribution in [0.2, 0.25) is 0 Å². The molecule has 0 N–H and O–H groups in total. The number of methoxy groups -OCH3 is 1. The van der Waals surface area contributed by atoms with Crippen molar-refractivity contribution in [3.63, 3.8) is 0 Å². The van der Waals surface area contributed by atoms with E-state index in [0.29, 0.717) is 37.1 Å². The Hall–Kier alpha value is -2.42. The lowest BCUT2D eigenvalue weighted by atomic mass is 10.1. The summed E-state index contributed by atoms with van der Waals surface area (Å²) < 4.78 is 11.9. The maximum Gasteiger partial charge on any atom is 0.343 e. The first-order chi connectivity index (χ1) is 13.9. The van der Waals surface area contributed by atoms with Crippen LogP contribution in [0.3, 0.4) is 0 Å². The first-order valence-corrected chi connectivity index (χ1v) is 10.5. The minimum absolute atomic E-state index is 0.172. The van der Waals surface area contributed by atoms with E-state index < -0.39 is 5.97 Å². The Labute approximate surface area is 186 Å². The number of nitrogens with zero attached hydrogens (tertiary/aromatic N) is 1. The molecule has 0 unspecified atom stereocenters. The van der Waals surface area contributed by atoms with E-state index in [0.717, 1.165) is 0 Å². The van der Waals surface area contributed by atoms with Crippen LogP contribution in [0.4, 0.5) is 0 Å². The van der Waals surface area contributed by atoms with Crippen molar-refractivity contribution >= 4 is 62.2 Å². The number of hydrogen-bond acceptors (Lipinski definition) is 6. The number of carbonyl (C=O) groups is 2. The summed E-state index contributed by atoms with van der Waals surface area (Å²) in [5.41, 5.74) is 1.13. The molecule has 1 aliphatic heterocycles. The zero-order valence-corrected chi connectivity index (χ0v) is 18.6. The number of halogens is 1. The third-order valence-corrected chi connectivity index (χ3v) is 5.91. The highest BCUT2D eigenvalue weighted by atomic mass is 79.9. The second-order valence-electron chi connectivity index (χ2n) is 5.87. The number of thiocarbonyl (C=S) groups is 1. The maximum absolute atomic E-state index is 12.5. The molecular weight excluding hydrogens is 474 g/mol. The van der Waals surface area contributed by atoms with Gasteiger partial charge < -0.3 is 9.47 Å². The maximum atomic E-state index is 12.5. The van der Waals surface area contributed by atoms with Gasteiger partial charge in [0.05, 0.1) is 22.1 Å². The van der Waals surface area contributed by atoms with Crippen LogP contribution < -0.4 is 9.47 Å². The molecule has 0 saturated carbocycles. The van der Waals surface area contributed by atoms with E-state index in [1.54, 1.807) is 48.6 Å². The van der Waals surface area contributed by atoms with Crippen LogP contribution in [-0.4, -0.2) is 34.8 Å². The lowest BCUT2D eigenvalue weighted by Gasteiger charge is -2.12. The molecule has 0 aliphatic carbocycles. The molecule has 0 atom stereocenters. The lowest BCUT2D eigenvalue weighted by molar-refractivity contribution is -0.121. The number of thioether (sulfide) groups is 1. The van der Waals surface area contributed by atoms with Crippen molar-refractivity contribution in [1.29, 1.82) is 0 Å². The average Bonchev–Trinajstić information content (AvgIpc) is 2.98. The van der Waals surface area contributed by atoms with E-state index in [-0.39, 0.29) is 11.7 Å². The van der Waals surface area contributed by atoms with Gasteiger partial charge in [-0.15, -0.1) is 6.58 Å². The molecule has 1 saturated heterocycles. The van der Waals surface area contributed by atoms with Crippen LogP contribution in [0.25, 0.3) is 6.08 Å². The Morgan fingerprint density at radius 3 is 2.69 bits per heavy atom. The molecular formula is C21H16BrNO4S2. The Kier molecular flexibility index (Phi) is 6.89. The van der Waals surface area contributed by atoms with E-state index in [2.05, 4.69) is 22.5 Å². The van der Waals surface area contributed by atoms with Gasteiger partial charge in [-0.25, -0.2) is 4.79 Å². The first-order valence-electron chi connectivity index (χ1n) is 8.45. The van der Waals surface area contributed by atoms with Crippen LogP contribution in [0, 0.1) is 0 Å². The van der Waals surface area contributed by atoms with E-state index in [1.807, 2.05) is 6.07 Å². The first kappa shape index (κ1) is 21.3. The van der Waals surface area contributed by atoms with E-state index in [4.69, 9.17) is 21.7 Å². The number of rotatable bonds is 6. The van der Waals surface area contributed by atoms with Gasteiger partial charge in [0.2, 0.25) is 0 Å². The molecule has 5 nitrogen and oxygen atoms in total. The second-order valence-corrected chi connectivity index (χ2v) is 8.40. The molecule has 0 aromatic heterocycles. The molecule has 2 aromatic carbocycles. The molecule has 0 bridgehead atoms. The van der Waals surface area contributed by atoms with Crippen LogP contribution in [0.5, 0.6) is 11.5 Å². The smallest absolute Gasteiger partial charge is 0.343 e. The molecule has 1 fully saturated rings. The normalized spacial score (nSPS) is 15.0. The molecule has 29 heavy (non-hydrogen) atoms. The van der Waals surface area contributed by atoms with Gasteiger partial charge in [-0.1, -0.05) is 48.3 Å². The predicted molar refractivity (Wildman–Crippen MR) is 122 cm³/mol. The summed E-state index contributed by atoms with van der Waals surface area (Å²) in [6.45, 7) is 4.01. The number of ether oxygens (including phenoxy) is 2. The fourth-order valence-electron chi connectivity index (χ4n) is 2.59. The minimum Gasteiger partial charge on any atom is -0.493 e. The zero-order valence-electron chi connectivity index (χ0n) is 15.4. The van der Waals surface area contributed by atoms with Gasteiger partial charge in [0, 0.05) is 6.54 Å². The van der Waals surface area contributed by atoms with Crippen molar-refractivity contribution in [3.8, 4) is 11.5 Å². The summed E-state index contributed by atoms with van der Waals surface area (Å²) in [5.74, 6) is -0.0496. The van der Waals surface area contributed by atoms with Crippen molar-refractivity contribution in [2.24, 2.45) is 0 Å². The van der Waals surface area contributed by atoms with Gasteiger partial charge in [-0.3, -0.25) is 9.69 Å². The number of esters is 1. The fourth-order valence-corrected chi connectivity index (χ4v) is 4.40.